The van der Waals surface area contributed by atoms with Crippen molar-refractivity contribution in [2.24, 2.45) is 0 Å². The number of phenolic OH excluding ortho intramolecular Hbond substituents is 2. The van der Waals surface area contributed by atoms with Gasteiger partial charge in [-0.1, -0.05) is 6.07 Å². The first-order chi connectivity index (χ1) is 16.8. The topological polar surface area (TPSA) is 150 Å². The highest BCUT2D eigenvalue weighted by Gasteiger charge is 2.44. The Balaban J connectivity index is 1.76. The second kappa shape index (κ2) is 10.5. The van der Waals surface area contributed by atoms with Crippen LogP contribution in [0.1, 0.15) is 57.1 Å². The number of carbonyl (C=O) groups is 2. The van der Waals surface area contributed by atoms with Crippen molar-refractivity contribution in [1.29, 1.82) is 0 Å². The van der Waals surface area contributed by atoms with Gasteiger partial charge >= 0.3 is 6.09 Å². The molecule has 0 spiro atoms. The minimum absolute atomic E-state index is 0.0509. The number of ether oxygens (including phenoxy) is 1. The van der Waals surface area contributed by atoms with Gasteiger partial charge in [0.15, 0.2) is 17.3 Å². The lowest BCUT2D eigenvalue weighted by molar-refractivity contribution is -0.123. The number of nitrogens with one attached hydrogen (secondary N) is 1. The number of carbonyl (C=O) groups excluding carboxylic acids is 2. The molecule has 0 saturated carbocycles. The van der Waals surface area contributed by atoms with Crippen LogP contribution < -0.4 is 10.7 Å². The molecule has 36 heavy (non-hydrogen) atoms. The van der Waals surface area contributed by atoms with Crippen molar-refractivity contribution < 1.29 is 34.1 Å². The van der Waals surface area contributed by atoms with Gasteiger partial charge in [0.25, 0.3) is 0 Å². The summed E-state index contributed by atoms with van der Waals surface area (Å²) in [5.74, 6) is -0.934. The first-order valence-electron chi connectivity index (χ1n) is 11.9. The third-order valence-corrected chi connectivity index (χ3v) is 6.17. The Kier molecular flexibility index (Phi) is 7.86. The summed E-state index contributed by atoms with van der Waals surface area (Å²) in [6, 6.07) is 5.64. The number of aryl methyl sites for hydroxylation is 1. The number of aromatic hydroxyl groups is 3. The van der Waals surface area contributed by atoms with Gasteiger partial charge in [-0.15, -0.1) is 0 Å². The van der Waals surface area contributed by atoms with E-state index in [0.717, 1.165) is 5.56 Å². The Morgan fingerprint density at radius 1 is 1.11 bits per heavy atom. The first-order valence-corrected chi connectivity index (χ1v) is 11.9. The molecule has 0 unspecified atom stereocenters. The molecule has 0 radical (unpaired) electrons. The first kappa shape index (κ1) is 26.9. The Bertz CT molecular complexity index is 1170. The van der Waals surface area contributed by atoms with Crippen LogP contribution in [0.2, 0.25) is 0 Å². The van der Waals surface area contributed by atoms with E-state index >= 15 is 0 Å². The van der Waals surface area contributed by atoms with Gasteiger partial charge in [-0.2, -0.15) is 0 Å². The minimum Gasteiger partial charge on any atom is -0.504 e. The third kappa shape index (κ3) is 6.50. The normalized spacial score (nSPS) is 15.4. The molecule has 2 amide bonds. The summed E-state index contributed by atoms with van der Waals surface area (Å²) < 4.78 is 11.2. The van der Waals surface area contributed by atoms with Crippen molar-refractivity contribution in [2.75, 3.05) is 19.6 Å². The van der Waals surface area contributed by atoms with Crippen LogP contribution >= 0.6 is 0 Å². The monoisotopic (exact) mass is 502 g/mol. The van der Waals surface area contributed by atoms with Crippen LogP contribution in [0.5, 0.6) is 17.2 Å². The number of piperidine rings is 1. The van der Waals surface area contributed by atoms with E-state index < -0.39 is 28.3 Å². The van der Waals surface area contributed by atoms with Crippen LogP contribution in [0.4, 0.5) is 4.79 Å². The highest BCUT2D eigenvalue weighted by molar-refractivity contribution is 5.78. The van der Waals surface area contributed by atoms with Gasteiger partial charge in [-0.25, -0.2) is 4.79 Å². The SMILES string of the molecule is Cc1cc(=O)c(O)c(C2(CC(=O)NCCc3ccc(O)c(O)c3)CCN(C(=O)OC(C)(C)C)CC2)o1. The molecule has 1 fully saturated rings. The fourth-order valence-electron chi connectivity index (χ4n) is 4.33. The number of amides is 2. The number of likely N-dealkylation sites (tertiary alicyclic amines) is 1. The van der Waals surface area contributed by atoms with Crippen LogP contribution in [0.15, 0.2) is 33.5 Å². The molecule has 3 rings (SSSR count). The molecule has 196 valence electrons. The van der Waals surface area contributed by atoms with Crippen molar-refractivity contribution in [3.8, 4) is 17.2 Å². The second-order valence-electron chi connectivity index (χ2n) is 10.2. The zero-order valence-corrected chi connectivity index (χ0v) is 21.1. The highest BCUT2D eigenvalue weighted by atomic mass is 16.6. The van der Waals surface area contributed by atoms with E-state index in [0.29, 0.717) is 12.2 Å². The molecule has 0 atom stereocenters. The van der Waals surface area contributed by atoms with Crippen molar-refractivity contribution in [2.45, 2.75) is 64.4 Å². The molecule has 1 aromatic heterocycles. The van der Waals surface area contributed by atoms with Crippen LogP contribution in [-0.4, -0.2) is 57.5 Å². The maximum atomic E-state index is 13.0. The highest BCUT2D eigenvalue weighted by Crippen LogP contribution is 2.42. The number of rotatable bonds is 6. The van der Waals surface area contributed by atoms with Crippen LogP contribution in [0.25, 0.3) is 0 Å². The number of hydrogen-bond donors (Lipinski definition) is 4. The van der Waals surface area contributed by atoms with Gasteiger partial charge in [0, 0.05) is 37.5 Å². The lowest BCUT2D eigenvalue weighted by Gasteiger charge is -2.41. The molecule has 1 aliphatic heterocycles. The Morgan fingerprint density at radius 3 is 2.39 bits per heavy atom. The fraction of sp³-hybridized carbons (Fsp3) is 0.500. The molecule has 2 heterocycles. The largest absolute Gasteiger partial charge is 0.504 e. The predicted octanol–water partition coefficient (Wildman–Crippen LogP) is 3.08. The fourth-order valence-corrected chi connectivity index (χ4v) is 4.33. The van der Waals surface area contributed by atoms with Gasteiger partial charge in [0.05, 0.1) is 0 Å². The summed E-state index contributed by atoms with van der Waals surface area (Å²) in [6.45, 7) is 7.72. The molecule has 10 heteroatoms. The van der Waals surface area contributed by atoms with Crippen molar-refractivity contribution in [3.05, 3.63) is 51.6 Å². The van der Waals surface area contributed by atoms with E-state index in [2.05, 4.69) is 5.32 Å². The standard InChI is InChI=1S/C26H34N2O8/c1-16-13-20(31)22(33)23(35-16)26(8-11-28(12-9-26)24(34)36-25(2,3)4)15-21(32)27-10-7-17-5-6-18(29)19(30)14-17/h5-6,13-14,29-30,33H,7-12,15H2,1-4H3,(H,27,32). The summed E-state index contributed by atoms with van der Waals surface area (Å²) in [6.07, 6.45) is 0.462. The predicted molar refractivity (Wildman–Crippen MR) is 131 cm³/mol. The molecule has 2 aromatic rings. The maximum Gasteiger partial charge on any atom is 0.410 e. The quantitative estimate of drug-likeness (QED) is 0.440. The van der Waals surface area contributed by atoms with Gasteiger partial charge < -0.3 is 34.7 Å². The minimum atomic E-state index is -0.991. The molecular formula is C26H34N2O8. The summed E-state index contributed by atoms with van der Waals surface area (Å²) in [7, 11) is 0. The van der Waals surface area contributed by atoms with E-state index in [1.165, 1.54) is 18.2 Å². The zero-order valence-electron chi connectivity index (χ0n) is 21.1. The number of phenols is 2. The van der Waals surface area contributed by atoms with E-state index in [-0.39, 0.29) is 62.1 Å². The molecule has 1 saturated heterocycles. The maximum absolute atomic E-state index is 13.0. The average Bonchev–Trinajstić information content (AvgIpc) is 2.78. The van der Waals surface area contributed by atoms with Gasteiger partial charge in [0.2, 0.25) is 17.1 Å². The van der Waals surface area contributed by atoms with Crippen molar-refractivity contribution in [3.63, 3.8) is 0 Å². The third-order valence-electron chi connectivity index (χ3n) is 6.17. The smallest absolute Gasteiger partial charge is 0.410 e. The van der Waals surface area contributed by atoms with E-state index in [1.54, 1.807) is 38.7 Å². The van der Waals surface area contributed by atoms with Gasteiger partial charge in [-0.3, -0.25) is 9.59 Å². The number of hydrogen-bond acceptors (Lipinski definition) is 8. The summed E-state index contributed by atoms with van der Waals surface area (Å²) in [5, 5.41) is 32.5. The molecule has 4 N–H and O–H groups in total. The van der Waals surface area contributed by atoms with Crippen LogP contribution in [-0.2, 0) is 21.4 Å². The number of benzene rings is 1. The van der Waals surface area contributed by atoms with E-state index in [1.807, 2.05) is 0 Å². The summed E-state index contributed by atoms with van der Waals surface area (Å²) in [5.41, 5.74) is -1.50. The van der Waals surface area contributed by atoms with Crippen LogP contribution in [0.3, 0.4) is 0 Å². The molecular weight excluding hydrogens is 468 g/mol. The molecule has 1 aliphatic rings. The zero-order chi connectivity index (χ0) is 26.7. The van der Waals surface area contributed by atoms with E-state index in [4.69, 9.17) is 9.15 Å². The Morgan fingerprint density at radius 2 is 1.78 bits per heavy atom. The second-order valence-corrected chi connectivity index (χ2v) is 10.2. The Hall–Kier alpha value is -3.69. The van der Waals surface area contributed by atoms with Crippen LogP contribution in [0, 0.1) is 6.92 Å². The molecule has 0 bridgehead atoms. The summed E-state index contributed by atoms with van der Waals surface area (Å²) >= 11 is 0. The molecule has 0 aliphatic carbocycles. The van der Waals surface area contributed by atoms with Gasteiger partial charge in [0.1, 0.15) is 11.4 Å². The molecule has 10 nitrogen and oxygen atoms in total. The lowest BCUT2D eigenvalue weighted by atomic mass is 9.72. The average molecular weight is 503 g/mol. The van der Waals surface area contributed by atoms with Gasteiger partial charge in [-0.05, 0) is 64.7 Å². The number of nitrogens with zero attached hydrogens (tertiary/aromatic N) is 1. The van der Waals surface area contributed by atoms with E-state index in [9.17, 15) is 29.7 Å². The van der Waals surface area contributed by atoms with Crippen molar-refractivity contribution >= 4 is 12.0 Å². The summed E-state index contributed by atoms with van der Waals surface area (Å²) in [4.78, 5) is 39.4. The van der Waals surface area contributed by atoms with Crippen molar-refractivity contribution in [1.82, 2.24) is 10.2 Å². The lowest BCUT2D eigenvalue weighted by Crippen LogP contribution is -2.48. The molecule has 1 aromatic carbocycles. The Labute approximate surface area is 209 Å².